The lowest BCUT2D eigenvalue weighted by Gasteiger charge is -2.25. The fraction of sp³-hybridized carbons (Fsp3) is 0.500. The number of benzene rings is 1. The van der Waals surface area contributed by atoms with E-state index in [-0.39, 0.29) is 5.56 Å². The Morgan fingerprint density at radius 2 is 1.86 bits per heavy atom. The largest absolute Gasteiger partial charge is 0.444 e. The molecule has 0 saturated heterocycles. The molecule has 1 rings (SSSR count). The van der Waals surface area contributed by atoms with E-state index in [0.29, 0.717) is 11.3 Å². The van der Waals surface area contributed by atoms with E-state index in [4.69, 9.17) is 10.5 Å². The topological polar surface area (TPSA) is 64.3 Å². The molecule has 1 aromatic carbocycles. The number of nitrogen functional groups attached to an aromatic ring is 1. The molecule has 3 N–H and O–H groups in total. The van der Waals surface area contributed by atoms with Gasteiger partial charge < -0.3 is 15.8 Å². The molecule has 0 aliphatic rings. The fourth-order valence-corrected chi connectivity index (χ4v) is 1.66. The van der Waals surface area contributed by atoms with Crippen molar-refractivity contribution in [2.24, 2.45) is 0 Å². The standard InChI is InChI=1S/C14H19F3N2O2/c1-8-7-9(5-6-10(8)18)11(14(15,16)17)19-12(20)21-13(2,3)4/h5-7,11H,18H2,1-4H3,(H,19,20)/t11-/m0/s1. The van der Waals surface area contributed by atoms with Gasteiger partial charge >= 0.3 is 12.3 Å². The van der Waals surface area contributed by atoms with E-state index in [2.05, 4.69) is 0 Å². The normalized spacial score (nSPS) is 13.7. The van der Waals surface area contributed by atoms with Crippen LogP contribution in [0.15, 0.2) is 18.2 Å². The number of ether oxygens (including phenoxy) is 1. The first-order valence-electron chi connectivity index (χ1n) is 6.32. The third kappa shape index (κ3) is 5.17. The minimum absolute atomic E-state index is 0.0972. The van der Waals surface area contributed by atoms with E-state index < -0.39 is 23.9 Å². The molecule has 118 valence electrons. The van der Waals surface area contributed by atoms with Crippen molar-refractivity contribution in [1.29, 1.82) is 0 Å². The number of hydrogen-bond acceptors (Lipinski definition) is 3. The highest BCUT2D eigenvalue weighted by atomic mass is 19.4. The molecule has 0 spiro atoms. The lowest BCUT2D eigenvalue weighted by atomic mass is 10.0. The molecule has 0 aliphatic heterocycles. The number of nitrogens with one attached hydrogen (secondary N) is 1. The van der Waals surface area contributed by atoms with E-state index in [9.17, 15) is 18.0 Å². The van der Waals surface area contributed by atoms with Gasteiger partial charge in [-0.15, -0.1) is 0 Å². The van der Waals surface area contributed by atoms with E-state index >= 15 is 0 Å². The maximum absolute atomic E-state index is 13.1. The predicted octanol–water partition coefficient (Wildman–Crippen LogP) is 3.71. The number of rotatable bonds is 2. The number of amides is 1. The van der Waals surface area contributed by atoms with Crippen molar-refractivity contribution in [3.8, 4) is 0 Å². The second-order valence-electron chi connectivity index (χ2n) is 5.74. The molecule has 0 unspecified atom stereocenters. The Morgan fingerprint density at radius 1 is 1.29 bits per heavy atom. The van der Waals surface area contributed by atoms with Gasteiger partial charge in [-0.05, 0) is 44.9 Å². The molecule has 7 heteroatoms. The van der Waals surface area contributed by atoms with Crippen LogP contribution in [0.5, 0.6) is 0 Å². The molecule has 0 bridgehead atoms. The van der Waals surface area contributed by atoms with Crippen LogP contribution in [0.2, 0.25) is 0 Å². The highest BCUT2D eigenvalue weighted by Gasteiger charge is 2.42. The van der Waals surface area contributed by atoms with Crippen molar-refractivity contribution in [1.82, 2.24) is 5.32 Å². The zero-order valence-corrected chi connectivity index (χ0v) is 12.3. The van der Waals surface area contributed by atoms with E-state index in [0.717, 1.165) is 0 Å². The van der Waals surface area contributed by atoms with Crippen LogP contribution in [0, 0.1) is 6.92 Å². The van der Waals surface area contributed by atoms with Crippen molar-refractivity contribution < 1.29 is 22.7 Å². The van der Waals surface area contributed by atoms with Crippen molar-refractivity contribution in [2.45, 2.75) is 45.5 Å². The quantitative estimate of drug-likeness (QED) is 0.819. The van der Waals surface area contributed by atoms with Gasteiger partial charge in [0.15, 0.2) is 6.04 Å². The van der Waals surface area contributed by atoms with Crippen molar-refractivity contribution in [3.63, 3.8) is 0 Å². The average molecular weight is 304 g/mol. The summed E-state index contributed by atoms with van der Waals surface area (Å²) in [5.74, 6) is 0. The first kappa shape index (κ1) is 17.1. The first-order chi connectivity index (χ1) is 9.40. The molecule has 0 fully saturated rings. The molecule has 0 radical (unpaired) electrons. The van der Waals surface area contributed by atoms with Gasteiger partial charge in [0.25, 0.3) is 0 Å². The molecule has 4 nitrogen and oxygen atoms in total. The number of hydrogen-bond donors (Lipinski definition) is 2. The Hall–Kier alpha value is -1.92. The zero-order valence-electron chi connectivity index (χ0n) is 12.3. The second-order valence-corrected chi connectivity index (χ2v) is 5.74. The van der Waals surface area contributed by atoms with Crippen LogP contribution in [0.1, 0.15) is 37.9 Å². The highest BCUT2D eigenvalue weighted by Crippen LogP contribution is 2.34. The van der Waals surface area contributed by atoms with Crippen LogP contribution in [0.4, 0.5) is 23.7 Å². The van der Waals surface area contributed by atoms with Crippen LogP contribution in [-0.2, 0) is 4.74 Å². The minimum atomic E-state index is -4.64. The van der Waals surface area contributed by atoms with Crippen LogP contribution in [-0.4, -0.2) is 17.9 Å². The summed E-state index contributed by atoms with van der Waals surface area (Å²) in [4.78, 5) is 11.6. The summed E-state index contributed by atoms with van der Waals surface area (Å²) in [5, 5.41) is 1.85. The number of alkyl halides is 3. The van der Waals surface area contributed by atoms with Gasteiger partial charge in [0.1, 0.15) is 5.60 Å². The Bertz CT molecular complexity index is 522. The van der Waals surface area contributed by atoms with E-state index in [1.54, 1.807) is 27.7 Å². The SMILES string of the molecule is Cc1cc([C@H](NC(=O)OC(C)(C)C)C(F)(F)F)ccc1N. The Labute approximate surface area is 121 Å². The van der Waals surface area contributed by atoms with Gasteiger partial charge in [-0.1, -0.05) is 12.1 Å². The third-order valence-corrected chi connectivity index (χ3v) is 2.62. The number of carbonyl (C=O) groups excluding carboxylic acids is 1. The number of anilines is 1. The maximum atomic E-state index is 13.1. The van der Waals surface area contributed by atoms with Gasteiger partial charge in [0.05, 0.1) is 0 Å². The molecule has 0 saturated carbocycles. The number of nitrogens with two attached hydrogens (primary N) is 1. The molecule has 0 aromatic heterocycles. The molecule has 0 aliphatic carbocycles. The summed E-state index contributed by atoms with van der Waals surface area (Å²) in [6.45, 7) is 6.31. The van der Waals surface area contributed by atoms with Crippen LogP contribution >= 0.6 is 0 Å². The number of halogens is 3. The minimum Gasteiger partial charge on any atom is -0.444 e. The summed E-state index contributed by atoms with van der Waals surface area (Å²) in [6, 6.07) is 1.76. The van der Waals surface area contributed by atoms with Crippen molar-refractivity contribution in [3.05, 3.63) is 29.3 Å². The number of aryl methyl sites for hydroxylation is 1. The summed E-state index contributed by atoms with van der Waals surface area (Å²) in [7, 11) is 0. The average Bonchev–Trinajstić information content (AvgIpc) is 2.26. The maximum Gasteiger partial charge on any atom is 0.412 e. The smallest absolute Gasteiger partial charge is 0.412 e. The van der Waals surface area contributed by atoms with Crippen LogP contribution in [0.3, 0.4) is 0 Å². The van der Waals surface area contributed by atoms with Crippen LogP contribution in [0.25, 0.3) is 0 Å². The summed E-state index contributed by atoms with van der Waals surface area (Å²) in [6.07, 6.45) is -5.77. The van der Waals surface area contributed by atoms with Crippen molar-refractivity contribution in [2.75, 3.05) is 5.73 Å². The Kier molecular flexibility index (Phi) is 4.76. The van der Waals surface area contributed by atoms with E-state index in [1.165, 1.54) is 18.2 Å². The molecular weight excluding hydrogens is 285 g/mol. The van der Waals surface area contributed by atoms with Gasteiger partial charge in [-0.2, -0.15) is 13.2 Å². The molecule has 1 amide bonds. The third-order valence-electron chi connectivity index (χ3n) is 2.62. The zero-order chi connectivity index (χ0) is 16.4. The molecule has 21 heavy (non-hydrogen) atoms. The fourth-order valence-electron chi connectivity index (χ4n) is 1.66. The lowest BCUT2D eigenvalue weighted by molar-refractivity contribution is -0.156. The summed E-state index contributed by atoms with van der Waals surface area (Å²) < 4.78 is 44.3. The highest BCUT2D eigenvalue weighted by molar-refractivity contribution is 5.68. The van der Waals surface area contributed by atoms with Gasteiger partial charge in [0, 0.05) is 5.69 Å². The Balaban J connectivity index is 3.02. The Morgan fingerprint density at radius 3 is 2.29 bits per heavy atom. The van der Waals surface area contributed by atoms with Crippen LogP contribution < -0.4 is 11.1 Å². The summed E-state index contributed by atoms with van der Waals surface area (Å²) >= 11 is 0. The molecular formula is C14H19F3N2O2. The number of carbonyl (C=O) groups is 1. The van der Waals surface area contributed by atoms with Gasteiger partial charge in [-0.3, -0.25) is 0 Å². The molecule has 1 atom stereocenters. The first-order valence-corrected chi connectivity index (χ1v) is 6.32. The van der Waals surface area contributed by atoms with Gasteiger partial charge in [0.2, 0.25) is 0 Å². The predicted molar refractivity (Wildman–Crippen MR) is 73.8 cm³/mol. The monoisotopic (exact) mass is 304 g/mol. The molecule has 1 aromatic rings. The second kappa shape index (κ2) is 5.83. The van der Waals surface area contributed by atoms with Gasteiger partial charge in [-0.25, -0.2) is 4.79 Å². The lowest BCUT2D eigenvalue weighted by Crippen LogP contribution is -2.41. The van der Waals surface area contributed by atoms with E-state index in [1.807, 2.05) is 5.32 Å². The molecule has 0 heterocycles. The number of alkyl carbamates (subject to hydrolysis) is 1. The summed E-state index contributed by atoms with van der Waals surface area (Å²) in [5.41, 5.74) is 5.51. The van der Waals surface area contributed by atoms with Crippen molar-refractivity contribution >= 4 is 11.8 Å².